The quantitative estimate of drug-likeness (QED) is 0.920. The Morgan fingerprint density at radius 1 is 1.41 bits per heavy atom. The first-order valence-electron chi connectivity index (χ1n) is 4.39. The van der Waals surface area contributed by atoms with Gasteiger partial charge in [0.1, 0.15) is 5.75 Å². The van der Waals surface area contributed by atoms with Crippen molar-refractivity contribution in [1.29, 1.82) is 0 Å². The molecular weight excluding hydrogens is 330 g/mol. The molecule has 1 N–H and O–H groups in total. The van der Waals surface area contributed by atoms with Gasteiger partial charge in [0.05, 0.1) is 0 Å². The van der Waals surface area contributed by atoms with Gasteiger partial charge in [0.25, 0.3) is 5.19 Å². The highest BCUT2D eigenvalue weighted by Gasteiger charge is 2.16. The van der Waals surface area contributed by atoms with Gasteiger partial charge in [0.2, 0.25) is 0 Å². The summed E-state index contributed by atoms with van der Waals surface area (Å²) in [7, 11) is 0. The Hall–Kier alpha value is -1.11. The number of rotatable bonds is 3. The van der Waals surface area contributed by atoms with Crippen molar-refractivity contribution < 1.29 is 14.6 Å². The third-order valence-electron chi connectivity index (χ3n) is 1.78. The lowest BCUT2D eigenvalue weighted by Crippen LogP contribution is -1.91. The molecule has 7 heteroatoms. The number of carboxylic acid groups (broad SMARTS) is 1. The van der Waals surface area contributed by atoms with E-state index in [-0.39, 0.29) is 15.2 Å². The van der Waals surface area contributed by atoms with Crippen LogP contribution in [0.5, 0.6) is 10.9 Å². The van der Waals surface area contributed by atoms with Crippen LogP contribution in [0.25, 0.3) is 0 Å². The summed E-state index contributed by atoms with van der Waals surface area (Å²) >= 11 is 9.85. The molecule has 0 amide bonds. The third-order valence-corrected chi connectivity index (χ3v) is 3.61. The van der Waals surface area contributed by atoms with Gasteiger partial charge in [-0.2, -0.15) is 4.98 Å². The van der Waals surface area contributed by atoms with E-state index in [0.717, 1.165) is 15.8 Å². The number of benzene rings is 1. The predicted molar refractivity (Wildman–Crippen MR) is 68.3 cm³/mol. The van der Waals surface area contributed by atoms with Crippen LogP contribution < -0.4 is 4.74 Å². The number of halogens is 2. The number of hydrogen-bond donors (Lipinski definition) is 1. The second-order valence-electron chi connectivity index (χ2n) is 2.96. The van der Waals surface area contributed by atoms with Gasteiger partial charge in [0.15, 0.2) is 10.0 Å². The van der Waals surface area contributed by atoms with Crippen molar-refractivity contribution in [2.24, 2.45) is 0 Å². The van der Waals surface area contributed by atoms with Crippen molar-refractivity contribution >= 4 is 44.8 Å². The lowest BCUT2D eigenvalue weighted by Gasteiger charge is -2.00. The Kier molecular flexibility index (Phi) is 3.66. The van der Waals surface area contributed by atoms with Crippen molar-refractivity contribution in [3.63, 3.8) is 0 Å². The van der Waals surface area contributed by atoms with Crippen molar-refractivity contribution in [2.75, 3.05) is 0 Å². The van der Waals surface area contributed by atoms with Crippen LogP contribution in [0, 0.1) is 0 Å². The van der Waals surface area contributed by atoms with E-state index >= 15 is 0 Å². The van der Waals surface area contributed by atoms with E-state index in [1.807, 2.05) is 12.1 Å². The molecule has 0 aliphatic heterocycles. The fraction of sp³-hybridized carbons (Fsp3) is 0. The minimum atomic E-state index is -1.11. The summed E-state index contributed by atoms with van der Waals surface area (Å²) in [4.78, 5) is 14.5. The van der Waals surface area contributed by atoms with Crippen molar-refractivity contribution in [3.8, 4) is 10.9 Å². The lowest BCUT2D eigenvalue weighted by molar-refractivity contribution is 0.0702. The first kappa shape index (κ1) is 12.3. The molecule has 2 aromatic rings. The number of nitrogens with zero attached hydrogens (tertiary/aromatic N) is 1. The predicted octanol–water partition coefficient (Wildman–Crippen LogP) is 4.05. The largest absolute Gasteiger partial charge is 0.477 e. The molecule has 0 fully saturated rings. The monoisotopic (exact) mass is 333 g/mol. The van der Waals surface area contributed by atoms with Gasteiger partial charge in [-0.15, -0.1) is 0 Å². The van der Waals surface area contributed by atoms with Gasteiger partial charge in [-0.05, 0) is 24.3 Å². The molecule has 1 heterocycles. The Bertz CT molecular complexity index is 555. The van der Waals surface area contributed by atoms with E-state index in [0.29, 0.717) is 5.75 Å². The molecule has 0 aliphatic rings. The van der Waals surface area contributed by atoms with Crippen LogP contribution in [-0.2, 0) is 0 Å². The Morgan fingerprint density at radius 3 is 2.59 bits per heavy atom. The number of aromatic nitrogens is 1. The molecular formula is C10H5BrClNO3S. The summed E-state index contributed by atoms with van der Waals surface area (Å²) in [6.45, 7) is 0. The number of hydrogen-bond acceptors (Lipinski definition) is 4. The molecule has 0 saturated heterocycles. The molecule has 0 aliphatic carbocycles. The maximum absolute atomic E-state index is 10.8. The second-order valence-corrected chi connectivity index (χ2v) is 5.20. The summed E-state index contributed by atoms with van der Waals surface area (Å²) < 4.78 is 6.31. The second kappa shape index (κ2) is 5.03. The van der Waals surface area contributed by atoms with Gasteiger partial charge in [-0.1, -0.05) is 38.9 Å². The molecule has 0 bridgehead atoms. The van der Waals surface area contributed by atoms with Crippen LogP contribution in [0.4, 0.5) is 0 Å². The molecule has 0 saturated carbocycles. The standard InChI is InChI=1S/C10H5BrClNO3S/c11-5-1-3-6(4-2-5)16-10-13-8(12)7(17-10)9(14)15/h1-4H,(H,14,15). The number of carboxylic acids is 1. The minimum absolute atomic E-state index is 0.0289. The summed E-state index contributed by atoms with van der Waals surface area (Å²) in [5, 5.41) is 8.95. The zero-order valence-electron chi connectivity index (χ0n) is 8.18. The molecule has 88 valence electrons. The maximum atomic E-state index is 10.8. The van der Waals surface area contributed by atoms with E-state index in [9.17, 15) is 4.79 Å². The molecule has 4 nitrogen and oxygen atoms in total. The summed E-state index contributed by atoms with van der Waals surface area (Å²) in [6.07, 6.45) is 0. The average molecular weight is 335 g/mol. The van der Waals surface area contributed by atoms with Gasteiger partial charge in [-0.3, -0.25) is 0 Å². The van der Waals surface area contributed by atoms with Crippen LogP contribution in [0.3, 0.4) is 0 Å². The number of carbonyl (C=O) groups is 1. The van der Waals surface area contributed by atoms with Crippen molar-refractivity contribution in [1.82, 2.24) is 4.98 Å². The maximum Gasteiger partial charge on any atom is 0.349 e. The molecule has 0 unspecified atom stereocenters. The van der Waals surface area contributed by atoms with E-state index in [4.69, 9.17) is 21.4 Å². The fourth-order valence-electron chi connectivity index (χ4n) is 1.06. The van der Waals surface area contributed by atoms with Crippen molar-refractivity contribution in [2.45, 2.75) is 0 Å². The molecule has 2 rings (SSSR count). The lowest BCUT2D eigenvalue weighted by atomic mass is 10.3. The van der Waals surface area contributed by atoms with E-state index in [1.165, 1.54) is 0 Å². The fourth-order valence-corrected chi connectivity index (χ4v) is 2.32. The normalized spacial score (nSPS) is 10.2. The number of ether oxygens (including phenoxy) is 1. The SMILES string of the molecule is O=C(O)c1sc(Oc2ccc(Br)cc2)nc1Cl. The van der Waals surface area contributed by atoms with Crippen LogP contribution in [0.15, 0.2) is 28.7 Å². The van der Waals surface area contributed by atoms with Gasteiger partial charge in [-0.25, -0.2) is 4.79 Å². The van der Waals surface area contributed by atoms with Crippen LogP contribution in [0.1, 0.15) is 9.67 Å². The van der Waals surface area contributed by atoms with E-state index in [1.54, 1.807) is 12.1 Å². The highest BCUT2D eigenvalue weighted by Crippen LogP contribution is 2.32. The van der Waals surface area contributed by atoms with Crippen LogP contribution in [0.2, 0.25) is 5.15 Å². The zero-order valence-corrected chi connectivity index (χ0v) is 11.3. The molecule has 17 heavy (non-hydrogen) atoms. The van der Waals surface area contributed by atoms with Crippen molar-refractivity contribution in [3.05, 3.63) is 38.8 Å². The number of aromatic carboxylic acids is 1. The summed E-state index contributed by atoms with van der Waals surface area (Å²) in [5.41, 5.74) is 0. The first-order valence-corrected chi connectivity index (χ1v) is 6.38. The van der Waals surface area contributed by atoms with Gasteiger partial charge < -0.3 is 9.84 Å². The summed E-state index contributed by atoms with van der Waals surface area (Å²) in [5.74, 6) is -0.547. The molecule has 0 spiro atoms. The smallest absolute Gasteiger partial charge is 0.349 e. The molecule has 1 aromatic heterocycles. The number of thiazole rings is 1. The average Bonchev–Trinajstić information content (AvgIpc) is 2.63. The zero-order chi connectivity index (χ0) is 12.4. The Balaban J connectivity index is 2.22. The molecule has 0 atom stereocenters. The molecule has 0 radical (unpaired) electrons. The van der Waals surface area contributed by atoms with Gasteiger partial charge in [0, 0.05) is 4.47 Å². The topological polar surface area (TPSA) is 59.4 Å². The van der Waals surface area contributed by atoms with Crippen LogP contribution in [-0.4, -0.2) is 16.1 Å². The van der Waals surface area contributed by atoms with Gasteiger partial charge >= 0.3 is 5.97 Å². The Morgan fingerprint density at radius 2 is 2.06 bits per heavy atom. The highest BCUT2D eigenvalue weighted by atomic mass is 79.9. The summed E-state index contributed by atoms with van der Waals surface area (Å²) in [6, 6.07) is 7.09. The third kappa shape index (κ3) is 2.96. The first-order chi connectivity index (χ1) is 8.06. The molecule has 1 aromatic carbocycles. The van der Waals surface area contributed by atoms with E-state index < -0.39 is 5.97 Å². The highest BCUT2D eigenvalue weighted by molar-refractivity contribution is 9.10. The van der Waals surface area contributed by atoms with E-state index in [2.05, 4.69) is 20.9 Å². The Labute approximate surface area is 114 Å². The van der Waals surface area contributed by atoms with Crippen LogP contribution >= 0.6 is 38.9 Å². The minimum Gasteiger partial charge on any atom is -0.477 e.